The minimum Gasteiger partial charge on any atom is -0.315 e. The fourth-order valence-electron chi connectivity index (χ4n) is 2.46. The normalized spacial score (nSPS) is 25.0. The van der Waals surface area contributed by atoms with Gasteiger partial charge in [-0.2, -0.15) is 12.7 Å². The summed E-state index contributed by atoms with van der Waals surface area (Å²) in [6.45, 7) is 9.67. The highest BCUT2D eigenvalue weighted by Gasteiger charge is 2.29. The van der Waals surface area contributed by atoms with E-state index in [-0.39, 0.29) is 12.4 Å². The first-order valence-electron chi connectivity index (χ1n) is 6.91. The number of hydrogen-bond acceptors (Lipinski definition) is 3. The van der Waals surface area contributed by atoms with Crippen LogP contribution in [0.15, 0.2) is 0 Å². The highest BCUT2D eigenvalue weighted by atomic mass is 35.5. The smallest absolute Gasteiger partial charge is 0.279 e. The zero-order valence-corrected chi connectivity index (χ0v) is 13.8. The fraction of sp³-hybridized carbons (Fsp3) is 1.00. The van der Waals surface area contributed by atoms with E-state index in [2.05, 4.69) is 30.8 Å². The summed E-state index contributed by atoms with van der Waals surface area (Å²) >= 11 is 0. The number of halogens is 1. The lowest BCUT2D eigenvalue weighted by atomic mass is 9.94. The van der Waals surface area contributed by atoms with Gasteiger partial charge in [0.2, 0.25) is 0 Å². The Morgan fingerprint density at radius 3 is 2.21 bits per heavy atom. The van der Waals surface area contributed by atoms with Crippen molar-refractivity contribution in [1.29, 1.82) is 0 Å². The van der Waals surface area contributed by atoms with Crippen LogP contribution in [-0.4, -0.2) is 45.4 Å². The topological polar surface area (TPSA) is 61.4 Å². The van der Waals surface area contributed by atoms with Gasteiger partial charge in [-0.3, -0.25) is 0 Å². The second-order valence-electron chi connectivity index (χ2n) is 5.41. The standard InChI is InChI=1S/C12H27N3O2S.ClH/c1-4-5-13-6-7-14-18(16,17)15-9-11(2)8-12(3)10-15;/h11-14H,4-10H2,1-3H3;1H. The number of piperidine rings is 1. The molecule has 1 fully saturated rings. The first-order chi connectivity index (χ1) is 8.45. The molecule has 1 saturated heterocycles. The van der Waals surface area contributed by atoms with E-state index >= 15 is 0 Å². The second kappa shape index (κ2) is 9.13. The third-order valence-corrected chi connectivity index (χ3v) is 4.74. The SMILES string of the molecule is CCCNCCNS(=O)(=O)N1CC(C)CC(C)C1.Cl. The molecule has 116 valence electrons. The molecule has 0 amide bonds. The highest BCUT2D eigenvalue weighted by Crippen LogP contribution is 2.22. The Hall–Kier alpha value is 0.120. The lowest BCUT2D eigenvalue weighted by Gasteiger charge is -2.33. The molecule has 0 radical (unpaired) electrons. The lowest BCUT2D eigenvalue weighted by Crippen LogP contribution is -2.48. The molecule has 0 aliphatic carbocycles. The van der Waals surface area contributed by atoms with Crippen LogP contribution < -0.4 is 10.0 Å². The molecule has 5 nitrogen and oxygen atoms in total. The van der Waals surface area contributed by atoms with E-state index in [1.54, 1.807) is 4.31 Å². The van der Waals surface area contributed by atoms with Crippen LogP contribution in [0.25, 0.3) is 0 Å². The Balaban J connectivity index is 0.00000324. The first kappa shape index (κ1) is 19.1. The van der Waals surface area contributed by atoms with E-state index in [4.69, 9.17) is 0 Å². The van der Waals surface area contributed by atoms with Gasteiger partial charge < -0.3 is 5.32 Å². The lowest BCUT2D eigenvalue weighted by molar-refractivity contribution is 0.220. The Bertz CT molecular complexity index is 328. The van der Waals surface area contributed by atoms with Crippen LogP contribution in [0.5, 0.6) is 0 Å². The predicted molar refractivity (Wildman–Crippen MR) is 81.8 cm³/mol. The van der Waals surface area contributed by atoms with E-state index in [0.717, 1.165) is 19.4 Å². The summed E-state index contributed by atoms with van der Waals surface area (Å²) in [7, 11) is -3.29. The molecule has 1 rings (SSSR count). The quantitative estimate of drug-likeness (QED) is 0.695. The van der Waals surface area contributed by atoms with Crippen LogP contribution in [0.3, 0.4) is 0 Å². The van der Waals surface area contributed by atoms with Crippen LogP contribution in [-0.2, 0) is 10.2 Å². The average molecular weight is 314 g/mol. The molecule has 19 heavy (non-hydrogen) atoms. The van der Waals surface area contributed by atoms with Gasteiger partial charge in [-0.15, -0.1) is 12.4 Å². The zero-order valence-electron chi connectivity index (χ0n) is 12.2. The van der Waals surface area contributed by atoms with Gasteiger partial charge in [0.25, 0.3) is 10.2 Å². The van der Waals surface area contributed by atoms with Gasteiger partial charge in [-0.1, -0.05) is 20.8 Å². The molecule has 0 aromatic carbocycles. The first-order valence-corrected chi connectivity index (χ1v) is 8.35. The van der Waals surface area contributed by atoms with E-state index in [9.17, 15) is 8.42 Å². The van der Waals surface area contributed by atoms with Gasteiger partial charge in [0, 0.05) is 26.2 Å². The largest absolute Gasteiger partial charge is 0.315 e. The molecule has 0 saturated carbocycles. The number of rotatable bonds is 7. The summed E-state index contributed by atoms with van der Waals surface area (Å²) in [5, 5.41) is 3.18. The molecule has 1 heterocycles. The van der Waals surface area contributed by atoms with Crippen molar-refractivity contribution in [2.24, 2.45) is 11.8 Å². The summed E-state index contributed by atoms with van der Waals surface area (Å²) in [4.78, 5) is 0. The van der Waals surface area contributed by atoms with Gasteiger partial charge in [-0.25, -0.2) is 4.72 Å². The molecule has 0 spiro atoms. The molecule has 1 aliphatic rings. The Labute approximate surface area is 124 Å². The van der Waals surface area contributed by atoms with Gasteiger partial charge >= 0.3 is 0 Å². The second-order valence-corrected chi connectivity index (χ2v) is 7.17. The summed E-state index contributed by atoms with van der Waals surface area (Å²) in [6.07, 6.45) is 2.18. The van der Waals surface area contributed by atoms with Crippen LogP contribution >= 0.6 is 12.4 Å². The third kappa shape index (κ3) is 6.90. The maximum absolute atomic E-state index is 12.1. The summed E-state index contributed by atoms with van der Waals surface area (Å²) < 4.78 is 28.4. The van der Waals surface area contributed by atoms with Crippen molar-refractivity contribution in [3.05, 3.63) is 0 Å². The molecule has 1 aliphatic heterocycles. The van der Waals surface area contributed by atoms with Crippen molar-refractivity contribution in [1.82, 2.24) is 14.3 Å². The Kier molecular flexibility index (Phi) is 9.19. The monoisotopic (exact) mass is 313 g/mol. The van der Waals surface area contributed by atoms with Crippen molar-refractivity contribution < 1.29 is 8.42 Å². The van der Waals surface area contributed by atoms with Crippen LogP contribution in [0.1, 0.15) is 33.6 Å². The molecule has 2 N–H and O–H groups in total. The predicted octanol–water partition coefficient (Wildman–Crippen LogP) is 1.22. The summed E-state index contributed by atoms with van der Waals surface area (Å²) in [6, 6.07) is 0. The van der Waals surface area contributed by atoms with Crippen LogP contribution in [0, 0.1) is 11.8 Å². The Morgan fingerprint density at radius 1 is 1.11 bits per heavy atom. The van der Waals surface area contributed by atoms with E-state index in [1.807, 2.05) is 0 Å². The number of nitrogens with one attached hydrogen (secondary N) is 2. The Morgan fingerprint density at radius 2 is 1.68 bits per heavy atom. The van der Waals surface area contributed by atoms with Gasteiger partial charge in [0.15, 0.2) is 0 Å². The van der Waals surface area contributed by atoms with E-state index in [0.29, 0.717) is 38.0 Å². The number of hydrogen-bond donors (Lipinski definition) is 2. The van der Waals surface area contributed by atoms with Crippen molar-refractivity contribution >= 4 is 22.6 Å². The van der Waals surface area contributed by atoms with Crippen LogP contribution in [0.2, 0.25) is 0 Å². The van der Waals surface area contributed by atoms with Crippen molar-refractivity contribution in [3.8, 4) is 0 Å². The van der Waals surface area contributed by atoms with Crippen LogP contribution in [0.4, 0.5) is 0 Å². The molecular formula is C12H28ClN3O2S. The maximum Gasteiger partial charge on any atom is 0.279 e. The summed E-state index contributed by atoms with van der Waals surface area (Å²) in [5.74, 6) is 0.895. The molecule has 2 unspecified atom stereocenters. The molecule has 2 atom stereocenters. The minimum atomic E-state index is -3.29. The molecule has 0 aromatic rings. The van der Waals surface area contributed by atoms with Gasteiger partial charge in [0.1, 0.15) is 0 Å². The molecular weight excluding hydrogens is 286 g/mol. The minimum absolute atomic E-state index is 0. The van der Waals surface area contributed by atoms with E-state index in [1.165, 1.54) is 0 Å². The van der Waals surface area contributed by atoms with Gasteiger partial charge in [0.05, 0.1) is 0 Å². The van der Waals surface area contributed by atoms with Crippen molar-refractivity contribution in [2.45, 2.75) is 33.6 Å². The molecule has 0 bridgehead atoms. The highest BCUT2D eigenvalue weighted by molar-refractivity contribution is 7.87. The van der Waals surface area contributed by atoms with E-state index < -0.39 is 10.2 Å². The van der Waals surface area contributed by atoms with Crippen molar-refractivity contribution in [3.63, 3.8) is 0 Å². The number of nitrogens with zero attached hydrogens (tertiary/aromatic N) is 1. The maximum atomic E-state index is 12.1. The van der Waals surface area contributed by atoms with Gasteiger partial charge in [-0.05, 0) is 31.2 Å². The van der Waals surface area contributed by atoms with Crippen molar-refractivity contribution in [2.75, 3.05) is 32.7 Å². The zero-order chi connectivity index (χ0) is 13.6. The average Bonchev–Trinajstić information content (AvgIpc) is 2.27. The molecule has 0 aromatic heterocycles. The third-order valence-electron chi connectivity index (χ3n) is 3.19. The fourth-order valence-corrected chi connectivity index (χ4v) is 3.91. The summed E-state index contributed by atoms with van der Waals surface area (Å²) in [5.41, 5.74) is 0. The molecule has 7 heteroatoms.